The number of nitrogens with two attached hydrogens (primary N) is 1. The lowest BCUT2D eigenvalue weighted by Gasteiger charge is -2.31. The third-order valence-corrected chi connectivity index (χ3v) is 5.79. The zero-order valence-electron chi connectivity index (χ0n) is 20.8. The lowest BCUT2D eigenvalue weighted by molar-refractivity contribution is -0.142. The SMILES string of the molecule is CC(C)(C)OC(=O)N1C(C(=O)OCc2ccccc2)=COC1[C@H](N)CCc1ccc2ccccc2c1. The average molecular weight is 489 g/mol. The molecule has 0 aromatic heterocycles. The van der Waals surface area contributed by atoms with E-state index in [0.29, 0.717) is 12.8 Å². The minimum atomic E-state index is -0.889. The van der Waals surface area contributed by atoms with Crippen LogP contribution in [0, 0.1) is 0 Å². The normalized spacial score (nSPS) is 16.3. The first-order valence-electron chi connectivity index (χ1n) is 12.0. The Balaban J connectivity index is 1.45. The highest BCUT2D eigenvalue weighted by Crippen LogP contribution is 2.27. The number of benzene rings is 3. The molecular weight excluding hydrogens is 456 g/mol. The molecule has 7 nitrogen and oxygen atoms in total. The quantitative estimate of drug-likeness (QED) is 0.455. The monoisotopic (exact) mass is 488 g/mol. The van der Waals surface area contributed by atoms with Crippen LogP contribution in [0.4, 0.5) is 4.79 Å². The maximum atomic E-state index is 13.1. The summed E-state index contributed by atoms with van der Waals surface area (Å²) in [4.78, 5) is 27.2. The van der Waals surface area contributed by atoms with Crippen molar-refractivity contribution >= 4 is 22.8 Å². The summed E-state index contributed by atoms with van der Waals surface area (Å²) in [5, 5.41) is 2.32. The van der Waals surface area contributed by atoms with E-state index in [1.165, 1.54) is 16.5 Å². The maximum Gasteiger partial charge on any atom is 0.418 e. The van der Waals surface area contributed by atoms with E-state index in [1.807, 2.05) is 42.5 Å². The van der Waals surface area contributed by atoms with E-state index in [-0.39, 0.29) is 12.3 Å². The van der Waals surface area contributed by atoms with Gasteiger partial charge in [0.15, 0.2) is 11.9 Å². The Morgan fingerprint density at radius 3 is 2.39 bits per heavy atom. The van der Waals surface area contributed by atoms with E-state index in [4.69, 9.17) is 19.9 Å². The lowest BCUT2D eigenvalue weighted by atomic mass is 10.0. The molecule has 0 bridgehead atoms. The Morgan fingerprint density at radius 2 is 1.67 bits per heavy atom. The number of ether oxygens (including phenoxy) is 3. The van der Waals surface area contributed by atoms with Gasteiger partial charge in [-0.1, -0.05) is 72.8 Å². The van der Waals surface area contributed by atoms with Crippen molar-refractivity contribution in [3.05, 3.63) is 95.9 Å². The van der Waals surface area contributed by atoms with Crippen LogP contribution >= 0.6 is 0 Å². The smallest absolute Gasteiger partial charge is 0.418 e. The second-order valence-electron chi connectivity index (χ2n) is 9.83. The number of esters is 1. The second-order valence-corrected chi connectivity index (χ2v) is 9.83. The van der Waals surface area contributed by atoms with Gasteiger partial charge >= 0.3 is 12.1 Å². The molecule has 1 heterocycles. The molecule has 2 atom stereocenters. The molecule has 188 valence electrons. The van der Waals surface area contributed by atoms with Crippen LogP contribution in [0.25, 0.3) is 10.8 Å². The summed E-state index contributed by atoms with van der Waals surface area (Å²) in [6.45, 7) is 5.34. The highest BCUT2D eigenvalue weighted by atomic mass is 16.6. The predicted molar refractivity (Wildman–Crippen MR) is 138 cm³/mol. The number of rotatable bonds is 7. The fourth-order valence-electron chi connectivity index (χ4n) is 4.01. The highest BCUT2D eigenvalue weighted by molar-refractivity contribution is 5.92. The molecule has 0 radical (unpaired) electrons. The molecule has 1 unspecified atom stereocenters. The fourth-order valence-corrected chi connectivity index (χ4v) is 4.01. The number of carbonyl (C=O) groups excluding carboxylic acids is 2. The first kappa shape index (κ1) is 25.3. The van der Waals surface area contributed by atoms with Crippen LogP contribution < -0.4 is 5.73 Å². The first-order chi connectivity index (χ1) is 17.2. The van der Waals surface area contributed by atoms with Gasteiger partial charge in [0.05, 0.1) is 6.04 Å². The standard InChI is InChI=1S/C29H32N2O5/c1-29(2,3)36-28(33)31-25(27(32)35-18-21-9-5-4-6-10-21)19-34-26(31)24(30)16-14-20-13-15-22-11-7-8-12-23(22)17-20/h4-13,15,17,19,24,26H,14,16,18,30H2,1-3H3/t24-,26?/m1/s1. The van der Waals surface area contributed by atoms with Crippen LogP contribution in [0.1, 0.15) is 38.3 Å². The Kier molecular flexibility index (Phi) is 7.60. The van der Waals surface area contributed by atoms with Crippen molar-refractivity contribution in [2.45, 2.75) is 58.1 Å². The molecule has 1 amide bonds. The van der Waals surface area contributed by atoms with Crippen LogP contribution in [0.15, 0.2) is 84.8 Å². The number of carbonyl (C=O) groups is 2. The van der Waals surface area contributed by atoms with Crippen molar-refractivity contribution in [1.82, 2.24) is 4.90 Å². The third-order valence-electron chi connectivity index (χ3n) is 5.79. The molecule has 7 heteroatoms. The van der Waals surface area contributed by atoms with Gasteiger partial charge in [0.2, 0.25) is 0 Å². The molecule has 0 saturated carbocycles. The zero-order valence-corrected chi connectivity index (χ0v) is 20.8. The Bertz CT molecular complexity index is 1250. The summed E-state index contributed by atoms with van der Waals surface area (Å²) in [5.74, 6) is -0.686. The molecule has 1 aliphatic rings. The van der Waals surface area contributed by atoms with Crippen molar-refractivity contribution in [1.29, 1.82) is 0 Å². The molecule has 0 fully saturated rings. The average Bonchev–Trinajstić information content (AvgIpc) is 3.31. The molecule has 1 aliphatic heterocycles. The van der Waals surface area contributed by atoms with Gasteiger partial charge in [0.1, 0.15) is 18.5 Å². The maximum absolute atomic E-state index is 13.1. The second kappa shape index (κ2) is 10.8. The summed E-state index contributed by atoms with van der Waals surface area (Å²) >= 11 is 0. The first-order valence-corrected chi connectivity index (χ1v) is 12.0. The number of hydrogen-bond donors (Lipinski definition) is 1. The summed E-state index contributed by atoms with van der Waals surface area (Å²) in [6.07, 6.45) is 0.843. The Morgan fingerprint density at radius 1 is 0.972 bits per heavy atom. The van der Waals surface area contributed by atoms with Crippen LogP contribution in [-0.4, -0.2) is 34.8 Å². The minimum absolute atomic E-state index is 0.0358. The topological polar surface area (TPSA) is 91.1 Å². The summed E-state index contributed by atoms with van der Waals surface area (Å²) < 4.78 is 16.7. The number of aryl methyl sites for hydroxylation is 1. The molecule has 2 N–H and O–H groups in total. The molecule has 0 spiro atoms. The van der Waals surface area contributed by atoms with E-state index >= 15 is 0 Å². The lowest BCUT2D eigenvalue weighted by Crippen LogP contribution is -2.50. The van der Waals surface area contributed by atoms with Gasteiger partial charge in [-0.2, -0.15) is 0 Å². The predicted octanol–water partition coefficient (Wildman–Crippen LogP) is 5.28. The van der Waals surface area contributed by atoms with Crippen LogP contribution in [0.3, 0.4) is 0 Å². The van der Waals surface area contributed by atoms with Crippen molar-refractivity contribution in [2.24, 2.45) is 5.73 Å². The van der Waals surface area contributed by atoms with E-state index in [2.05, 4.69) is 30.3 Å². The van der Waals surface area contributed by atoms with Gasteiger partial charge in [-0.25, -0.2) is 14.5 Å². The van der Waals surface area contributed by atoms with E-state index < -0.39 is 29.9 Å². The molecule has 3 aromatic carbocycles. The highest BCUT2D eigenvalue weighted by Gasteiger charge is 2.42. The Labute approximate surface area is 211 Å². The van der Waals surface area contributed by atoms with Gasteiger partial charge in [0, 0.05) is 0 Å². The summed E-state index contributed by atoms with van der Waals surface area (Å²) in [5.41, 5.74) is 7.66. The molecule has 36 heavy (non-hydrogen) atoms. The molecule has 4 rings (SSSR count). The Hall–Kier alpha value is -3.84. The zero-order chi connectivity index (χ0) is 25.7. The van der Waals surface area contributed by atoms with Crippen LogP contribution in [0.2, 0.25) is 0 Å². The van der Waals surface area contributed by atoms with Gasteiger partial charge in [0.25, 0.3) is 0 Å². The number of fused-ring (bicyclic) bond motifs is 1. The largest absolute Gasteiger partial charge is 0.473 e. The molecular formula is C29H32N2O5. The minimum Gasteiger partial charge on any atom is -0.473 e. The molecule has 3 aromatic rings. The van der Waals surface area contributed by atoms with E-state index in [1.54, 1.807) is 20.8 Å². The molecule has 0 saturated heterocycles. The number of hydrogen-bond acceptors (Lipinski definition) is 6. The fraction of sp³-hybridized carbons (Fsp3) is 0.310. The number of nitrogens with zero attached hydrogens (tertiary/aromatic N) is 1. The van der Waals surface area contributed by atoms with Gasteiger partial charge in [-0.05, 0) is 55.5 Å². The molecule has 0 aliphatic carbocycles. The van der Waals surface area contributed by atoms with Crippen LogP contribution in [-0.2, 0) is 32.0 Å². The van der Waals surface area contributed by atoms with Gasteiger partial charge in [-0.15, -0.1) is 0 Å². The van der Waals surface area contributed by atoms with Gasteiger partial charge in [-0.3, -0.25) is 0 Å². The van der Waals surface area contributed by atoms with Crippen LogP contribution in [0.5, 0.6) is 0 Å². The summed E-state index contributed by atoms with van der Waals surface area (Å²) in [7, 11) is 0. The van der Waals surface area contributed by atoms with E-state index in [0.717, 1.165) is 16.5 Å². The summed E-state index contributed by atoms with van der Waals surface area (Å²) in [6, 6.07) is 23.2. The van der Waals surface area contributed by atoms with Gasteiger partial charge < -0.3 is 19.9 Å². The van der Waals surface area contributed by atoms with Crippen molar-refractivity contribution < 1.29 is 23.8 Å². The van der Waals surface area contributed by atoms with E-state index in [9.17, 15) is 9.59 Å². The third kappa shape index (κ3) is 6.23. The van der Waals surface area contributed by atoms with Crippen molar-refractivity contribution in [3.8, 4) is 0 Å². The van der Waals surface area contributed by atoms with Crippen molar-refractivity contribution in [3.63, 3.8) is 0 Å². The number of amides is 1. The van der Waals surface area contributed by atoms with Crippen molar-refractivity contribution in [2.75, 3.05) is 0 Å².